The maximum absolute atomic E-state index is 12.1. The number of carbonyl (C=O) groups excluding carboxylic acids is 2. The molecule has 2 heterocycles. The van der Waals surface area contributed by atoms with E-state index in [1.54, 1.807) is 0 Å². The lowest BCUT2D eigenvalue weighted by molar-refractivity contribution is -0.898. The van der Waals surface area contributed by atoms with Crippen molar-refractivity contribution in [2.75, 3.05) is 39.3 Å². The van der Waals surface area contributed by atoms with E-state index in [1.165, 1.54) is 23.3 Å². The third kappa shape index (κ3) is 5.84. The van der Waals surface area contributed by atoms with Gasteiger partial charge in [0.25, 0.3) is 5.91 Å². The van der Waals surface area contributed by atoms with Crippen LogP contribution in [0.5, 0.6) is 0 Å². The summed E-state index contributed by atoms with van der Waals surface area (Å²) >= 11 is 0. The van der Waals surface area contributed by atoms with Gasteiger partial charge in [-0.25, -0.2) is 0 Å². The molecule has 5 nitrogen and oxygen atoms in total. The molecule has 2 saturated heterocycles. The Morgan fingerprint density at radius 1 is 1.19 bits per heavy atom. The number of hydrogen-bond acceptors (Lipinski definition) is 2. The Morgan fingerprint density at radius 2 is 1.96 bits per heavy atom. The number of piperidine rings is 1. The van der Waals surface area contributed by atoms with Gasteiger partial charge in [0, 0.05) is 26.1 Å². The Labute approximate surface area is 156 Å². The van der Waals surface area contributed by atoms with Crippen molar-refractivity contribution in [1.82, 2.24) is 10.2 Å². The summed E-state index contributed by atoms with van der Waals surface area (Å²) in [4.78, 5) is 27.0. The van der Waals surface area contributed by atoms with Gasteiger partial charge in [-0.2, -0.15) is 0 Å². The lowest BCUT2D eigenvalue weighted by Gasteiger charge is -2.29. The number of quaternary nitrogens is 1. The lowest BCUT2D eigenvalue weighted by Crippen LogP contribution is -3.14. The van der Waals surface area contributed by atoms with E-state index in [1.807, 2.05) is 4.90 Å². The average Bonchev–Trinajstić information content (AvgIpc) is 3.06. The molecule has 1 aromatic carbocycles. The quantitative estimate of drug-likeness (QED) is 0.671. The second-order valence-corrected chi connectivity index (χ2v) is 7.75. The van der Waals surface area contributed by atoms with Crippen molar-refractivity contribution in [1.29, 1.82) is 0 Å². The number of amides is 2. The number of carbonyl (C=O) groups is 2. The van der Waals surface area contributed by atoms with Gasteiger partial charge in [-0.05, 0) is 43.6 Å². The number of benzene rings is 1. The van der Waals surface area contributed by atoms with Crippen LogP contribution in [0.2, 0.25) is 0 Å². The molecule has 26 heavy (non-hydrogen) atoms. The first kappa shape index (κ1) is 18.9. The molecular weight excluding hydrogens is 326 g/mol. The molecule has 0 bridgehead atoms. The van der Waals surface area contributed by atoms with Crippen molar-refractivity contribution in [3.8, 4) is 0 Å². The van der Waals surface area contributed by atoms with E-state index in [0.717, 1.165) is 51.4 Å². The third-order valence-corrected chi connectivity index (χ3v) is 5.69. The van der Waals surface area contributed by atoms with Crippen LogP contribution in [0.1, 0.15) is 37.7 Å². The molecule has 2 fully saturated rings. The van der Waals surface area contributed by atoms with Crippen molar-refractivity contribution in [2.45, 2.75) is 38.5 Å². The third-order valence-electron chi connectivity index (χ3n) is 5.69. The van der Waals surface area contributed by atoms with Crippen LogP contribution in [0.4, 0.5) is 0 Å². The molecule has 0 aromatic heterocycles. The summed E-state index contributed by atoms with van der Waals surface area (Å²) in [5.41, 5.74) is 1.43. The van der Waals surface area contributed by atoms with Gasteiger partial charge in [-0.15, -0.1) is 0 Å². The highest BCUT2D eigenvalue weighted by Gasteiger charge is 2.24. The summed E-state index contributed by atoms with van der Waals surface area (Å²) in [5.74, 6) is 1.16. The van der Waals surface area contributed by atoms with Gasteiger partial charge in [-0.1, -0.05) is 30.3 Å². The van der Waals surface area contributed by atoms with Crippen LogP contribution in [0.25, 0.3) is 0 Å². The number of likely N-dealkylation sites (tertiary alicyclic amines) is 2. The SMILES string of the molecule is O=C(C[NH+]1CCC(Cc2ccccc2)CC1)NCCCN1CCCC1=O. The van der Waals surface area contributed by atoms with E-state index in [9.17, 15) is 9.59 Å². The Morgan fingerprint density at radius 3 is 2.65 bits per heavy atom. The molecular formula is C21H32N3O2+. The molecule has 0 atom stereocenters. The molecule has 0 saturated carbocycles. The van der Waals surface area contributed by atoms with Gasteiger partial charge in [0.2, 0.25) is 5.91 Å². The molecule has 5 heteroatoms. The van der Waals surface area contributed by atoms with Gasteiger partial charge in [-0.3, -0.25) is 9.59 Å². The highest BCUT2D eigenvalue weighted by molar-refractivity contribution is 5.78. The summed E-state index contributed by atoms with van der Waals surface area (Å²) in [6.07, 6.45) is 6.09. The van der Waals surface area contributed by atoms with Gasteiger partial charge < -0.3 is 15.1 Å². The number of rotatable bonds is 8. The van der Waals surface area contributed by atoms with Crippen LogP contribution in [0.15, 0.2) is 30.3 Å². The van der Waals surface area contributed by atoms with E-state index in [4.69, 9.17) is 0 Å². The van der Waals surface area contributed by atoms with Crippen LogP contribution in [-0.4, -0.2) is 56.0 Å². The molecule has 0 unspecified atom stereocenters. The van der Waals surface area contributed by atoms with Crippen LogP contribution in [0, 0.1) is 5.92 Å². The number of hydrogen-bond donors (Lipinski definition) is 2. The summed E-state index contributed by atoms with van der Waals surface area (Å²) in [6, 6.07) is 10.7. The predicted molar refractivity (Wildman–Crippen MR) is 102 cm³/mol. The smallest absolute Gasteiger partial charge is 0.275 e. The fourth-order valence-electron chi connectivity index (χ4n) is 4.14. The van der Waals surface area contributed by atoms with E-state index in [-0.39, 0.29) is 11.8 Å². The molecule has 142 valence electrons. The highest BCUT2D eigenvalue weighted by Crippen LogP contribution is 2.16. The second-order valence-electron chi connectivity index (χ2n) is 7.75. The fraction of sp³-hybridized carbons (Fsp3) is 0.619. The Balaban J connectivity index is 1.26. The first-order chi connectivity index (χ1) is 12.7. The van der Waals surface area contributed by atoms with Crippen LogP contribution < -0.4 is 10.2 Å². The maximum Gasteiger partial charge on any atom is 0.275 e. The Hall–Kier alpha value is -1.88. The van der Waals surface area contributed by atoms with Crippen molar-refractivity contribution in [3.05, 3.63) is 35.9 Å². The molecule has 3 rings (SSSR count). The Kier molecular flexibility index (Phi) is 7.06. The van der Waals surface area contributed by atoms with Gasteiger partial charge in [0.15, 0.2) is 6.54 Å². The summed E-state index contributed by atoms with van der Waals surface area (Å²) in [5, 5.41) is 3.02. The minimum Gasteiger partial charge on any atom is -0.351 e. The molecule has 2 N–H and O–H groups in total. The molecule has 2 amide bonds. The monoisotopic (exact) mass is 358 g/mol. The van der Waals surface area contributed by atoms with Crippen LogP contribution in [0.3, 0.4) is 0 Å². The van der Waals surface area contributed by atoms with Gasteiger partial charge in [0.1, 0.15) is 0 Å². The maximum atomic E-state index is 12.1. The van der Waals surface area contributed by atoms with Gasteiger partial charge >= 0.3 is 0 Å². The molecule has 0 spiro atoms. The second kappa shape index (κ2) is 9.72. The zero-order chi connectivity index (χ0) is 18.2. The highest BCUT2D eigenvalue weighted by atomic mass is 16.2. The fourth-order valence-corrected chi connectivity index (χ4v) is 4.14. The number of nitrogens with one attached hydrogen (secondary N) is 2. The zero-order valence-electron chi connectivity index (χ0n) is 15.7. The molecule has 0 aliphatic carbocycles. The van der Waals surface area contributed by atoms with E-state index in [0.29, 0.717) is 19.5 Å². The lowest BCUT2D eigenvalue weighted by atomic mass is 9.90. The standard InChI is InChI=1S/C21H31N3O2/c25-20(22-11-5-13-24-12-4-8-21(24)26)17-23-14-9-19(10-15-23)16-18-6-2-1-3-7-18/h1-3,6-7,19H,4-5,8-17H2,(H,22,25)/p+1. The Bertz CT molecular complexity index is 582. The molecule has 0 radical (unpaired) electrons. The normalized spacial score (nSPS) is 23.2. The summed E-state index contributed by atoms with van der Waals surface area (Å²) in [7, 11) is 0. The van der Waals surface area contributed by atoms with E-state index < -0.39 is 0 Å². The minimum atomic E-state index is 0.147. The van der Waals surface area contributed by atoms with E-state index >= 15 is 0 Å². The van der Waals surface area contributed by atoms with Crippen molar-refractivity contribution in [2.24, 2.45) is 5.92 Å². The minimum absolute atomic E-state index is 0.147. The average molecular weight is 359 g/mol. The van der Waals surface area contributed by atoms with Crippen molar-refractivity contribution in [3.63, 3.8) is 0 Å². The predicted octanol–water partition coefficient (Wildman–Crippen LogP) is 0.653. The first-order valence-corrected chi connectivity index (χ1v) is 10.1. The van der Waals surface area contributed by atoms with Gasteiger partial charge in [0.05, 0.1) is 13.1 Å². The molecule has 2 aliphatic heterocycles. The number of nitrogens with zero attached hydrogens (tertiary/aromatic N) is 1. The largest absolute Gasteiger partial charge is 0.351 e. The summed E-state index contributed by atoms with van der Waals surface area (Å²) < 4.78 is 0. The van der Waals surface area contributed by atoms with E-state index in [2.05, 4.69) is 35.6 Å². The van der Waals surface area contributed by atoms with Crippen molar-refractivity contribution >= 4 is 11.8 Å². The first-order valence-electron chi connectivity index (χ1n) is 10.1. The van der Waals surface area contributed by atoms with Crippen LogP contribution >= 0.6 is 0 Å². The summed E-state index contributed by atoms with van der Waals surface area (Å²) in [6.45, 7) is 5.10. The topological polar surface area (TPSA) is 53.9 Å². The zero-order valence-corrected chi connectivity index (χ0v) is 15.7. The van der Waals surface area contributed by atoms with Crippen molar-refractivity contribution < 1.29 is 14.5 Å². The molecule has 2 aliphatic rings. The molecule has 1 aromatic rings. The van der Waals surface area contributed by atoms with Crippen LogP contribution in [-0.2, 0) is 16.0 Å².